The normalized spacial score (nSPS) is 12.6. The van der Waals surface area contributed by atoms with Gasteiger partial charge in [0.15, 0.2) is 15.8 Å². The van der Waals surface area contributed by atoms with Gasteiger partial charge in [-0.05, 0) is 6.26 Å². The van der Waals surface area contributed by atoms with Crippen molar-refractivity contribution in [1.82, 2.24) is 13.7 Å². The van der Waals surface area contributed by atoms with E-state index in [0.29, 0.717) is 11.5 Å². The Morgan fingerprint density at radius 1 is 1.61 bits per heavy atom. The van der Waals surface area contributed by atoms with E-state index >= 15 is 0 Å². The first-order valence-corrected chi connectivity index (χ1v) is 8.86. The fourth-order valence-electron chi connectivity index (χ4n) is 1.53. The number of nitrogen functional groups attached to an aromatic ring is 1. The Morgan fingerprint density at radius 2 is 2.33 bits per heavy atom. The van der Waals surface area contributed by atoms with Crippen molar-refractivity contribution in [3.8, 4) is 0 Å². The average Bonchev–Trinajstić information content (AvgIpc) is 2.84. The predicted octanol–water partition coefficient (Wildman–Crippen LogP) is 0.962. The van der Waals surface area contributed by atoms with Crippen LogP contribution in [0.3, 0.4) is 0 Å². The Bertz CT molecular complexity index is 646. The lowest BCUT2D eigenvalue weighted by Crippen LogP contribution is -2.30. The molecule has 2 aromatic rings. The lowest BCUT2D eigenvalue weighted by molar-refractivity contribution is 0.485. The van der Waals surface area contributed by atoms with E-state index in [0.717, 1.165) is 5.75 Å². The van der Waals surface area contributed by atoms with Gasteiger partial charge in [0.1, 0.15) is 0 Å². The van der Waals surface area contributed by atoms with E-state index in [1.807, 2.05) is 6.26 Å². The fourth-order valence-corrected chi connectivity index (χ4v) is 4.21. The number of nitrogens with zero attached hydrogens (tertiary/aromatic N) is 3. The number of fused-ring (bicyclic) bond motifs is 1. The summed E-state index contributed by atoms with van der Waals surface area (Å²) in [6.07, 6.45) is 3.60. The maximum Gasteiger partial charge on any atom is 0.262 e. The highest BCUT2D eigenvalue weighted by Crippen LogP contribution is 2.25. The third kappa shape index (κ3) is 2.22. The summed E-state index contributed by atoms with van der Waals surface area (Å²) in [6.45, 7) is 0.445. The number of anilines is 1. The van der Waals surface area contributed by atoms with Gasteiger partial charge in [-0.1, -0.05) is 0 Å². The molecule has 6 nitrogen and oxygen atoms in total. The van der Waals surface area contributed by atoms with Crippen molar-refractivity contribution in [3.05, 3.63) is 11.6 Å². The molecule has 0 unspecified atom stereocenters. The van der Waals surface area contributed by atoms with Gasteiger partial charge >= 0.3 is 0 Å². The van der Waals surface area contributed by atoms with Crippen LogP contribution in [0.1, 0.15) is 0 Å². The fraction of sp³-hybridized carbons (Fsp3) is 0.444. The first kappa shape index (κ1) is 13.7. The molecule has 2 aromatic heterocycles. The minimum atomic E-state index is -3.59. The molecule has 2 N–H and O–H groups in total. The van der Waals surface area contributed by atoms with Gasteiger partial charge in [0, 0.05) is 30.9 Å². The zero-order valence-electron chi connectivity index (χ0n) is 10.0. The van der Waals surface area contributed by atoms with Crippen molar-refractivity contribution in [1.29, 1.82) is 0 Å². The summed E-state index contributed by atoms with van der Waals surface area (Å²) in [6, 6.07) is 0. The zero-order chi connectivity index (χ0) is 13.3. The maximum atomic E-state index is 12.4. The second kappa shape index (κ2) is 5.08. The van der Waals surface area contributed by atoms with Crippen molar-refractivity contribution >= 4 is 43.9 Å². The van der Waals surface area contributed by atoms with Gasteiger partial charge in [-0.25, -0.2) is 13.4 Å². The summed E-state index contributed by atoms with van der Waals surface area (Å²) in [5, 5.41) is 1.84. The molecule has 100 valence electrons. The summed E-state index contributed by atoms with van der Waals surface area (Å²) >= 11 is 2.95. The molecule has 2 heterocycles. The van der Waals surface area contributed by atoms with Crippen LogP contribution in [0.5, 0.6) is 0 Å². The molecule has 0 aromatic carbocycles. The lowest BCUT2D eigenvalue weighted by atomic mass is 10.8. The standard InChI is InChI=1S/C9H14N4O2S3/c1-12(3-5-16-2)18(14,15)8-7(10)11-9-13(8)4-6-17-9/h4,6H,3,5,10H2,1-2H3. The van der Waals surface area contributed by atoms with Crippen LogP contribution in [0.4, 0.5) is 5.82 Å². The molecule has 0 amide bonds. The van der Waals surface area contributed by atoms with Crippen LogP contribution in [-0.4, -0.2) is 47.7 Å². The topological polar surface area (TPSA) is 80.7 Å². The monoisotopic (exact) mass is 306 g/mol. The Labute approximate surface area is 114 Å². The SMILES string of the molecule is CSCCN(C)S(=O)(=O)c1c(N)nc2sccn12. The van der Waals surface area contributed by atoms with Gasteiger partial charge < -0.3 is 5.73 Å². The number of rotatable bonds is 5. The number of aromatic nitrogens is 2. The highest BCUT2D eigenvalue weighted by atomic mass is 32.2. The quantitative estimate of drug-likeness (QED) is 0.890. The first-order chi connectivity index (χ1) is 8.48. The highest BCUT2D eigenvalue weighted by molar-refractivity contribution is 7.98. The molecule has 0 saturated heterocycles. The lowest BCUT2D eigenvalue weighted by Gasteiger charge is -2.16. The van der Waals surface area contributed by atoms with Gasteiger partial charge in [-0.3, -0.25) is 4.40 Å². The van der Waals surface area contributed by atoms with Gasteiger partial charge in [-0.15, -0.1) is 11.3 Å². The summed E-state index contributed by atoms with van der Waals surface area (Å²) in [7, 11) is -2.04. The Balaban J connectivity index is 2.46. The summed E-state index contributed by atoms with van der Waals surface area (Å²) < 4.78 is 27.7. The van der Waals surface area contributed by atoms with Crippen LogP contribution in [0.25, 0.3) is 4.96 Å². The predicted molar refractivity (Wildman–Crippen MR) is 75.7 cm³/mol. The van der Waals surface area contributed by atoms with E-state index in [-0.39, 0.29) is 10.8 Å². The zero-order valence-corrected chi connectivity index (χ0v) is 12.5. The van der Waals surface area contributed by atoms with E-state index in [4.69, 9.17) is 5.73 Å². The largest absolute Gasteiger partial charge is 0.381 e. The van der Waals surface area contributed by atoms with Crippen LogP contribution in [0.2, 0.25) is 0 Å². The second-order valence-corrected chi connectivity index (χ2v) is 7.50. The molecule has 0 atom stereocenters. The summed E-state index contributed by atoms with van der Waals surface area (Å²) in [5.74, 6) is 0.791. The van der Waals surface area contributed by atoms with Crippen LogP contribution < -0.4 is 5.73 Å². The molecule has 0 aliphatic heterocycles. The molecule has 0 fully saturated rings. The molecule has 18 heavy (non-hydrogen) atoms. The minimum absolute atomic E-state index is 0.0536. The number of imidazole rings is 1. The number of hydrogen-bond acceptors (Lipinski definition) is 6. The minimum Gasteiger partial charge on any atom is -0.381 e. The molecular weight excluding hydrogens is 292 g/mol. The number of thioether (sulfide) groups is 1. The van der Waals surface area contributed by atoms with Gasteiger partial charge in [0.05, 0.1) is 0 Å². The van der Waals surface area contributed by atoms with Crippen LogP contribution in [0, 0.1) is 0 Å². The summed E-state index contributed by atoms with van der Waals surface area (Å²) in [4.78, 5) is 4.64. The van der Waals surface area contributed by atoms with E-state index in [9.17, 15) is 8.42 Å². The summed E-state index contributed by atoms with van der Waals surface area (Å²) in [5.41, 5.74) is 5.71. The molecular formula is C9H14N4O2S3. The molecule has 0 spiro atoms. The van der Waals surface area contributed by atoms with Gasteiger partial charge in [0.25, 0.3) is 10.0 Å². The number of nitrogens with two attached hydrogens (primary N) is 1. The number of thiazole rings is 1. The smallest absolute Gasteiger partial charge is 0.262 e. The molecule has 0 bridgehead atoms. The molecule has 2 rings (SSSR count). The van der Waals surface area contributed by atoms with Crippen molar-refractivity contribution in [3.63, 3.8) is 0 Å². The van der Waals surface area contributed by atoms with Gasteiger partial charge in [-0.2, -0.15) is 16.1 Å². The Hall–Kier alpha value is -0.770. The molecule has 0 radical (unpaired) electrons. The number of sulfonamides is 1. The Morgan fingerprint density at radius 3 is 3.00 bits per heavy atom. The second-order valence-electron chi connectivity index (χ2n) is 3.68. The molecule has 9 heteroatoms. The van der Waals surface area contributed by atoms with Gasteiger partial charge in [0.2, 0.25) is 0 Å². The average molecular weight is 306 g/mol. The third-order valence-corrected chi connectivity index (χ3v) is 5.75. The van der Waals surface area contributed by atoms with Crippen molar-refractivity contribution in [2.24, 2.45) is 0 Å². The maximum absolute atomic E-state index is 12.4. The van der Waals surface area contributed by atoms with Crippen molar-refractivity contribution < 1.29 is 8.42 Å². The van der Waals surface area contributed by atoms with E-state index in [1.54, 1.807) is 30.4 Å². The Kier molecular flexibility index (Phi) is 3.85. The molecule has 0 saturated carbocycles. The van der Waals surface area contributed by atoms with E-state index in [1.165, 1.54) is 20.0 Å². The molecule has 0 aliphatic rings. The highest BCUT2D eigenvalue weighted by Gasteiger charge is 2.28. The van der Waals surface area contributed by atoms with E-state index in [2.05, 4.69) is 4.98 Å². The first-order valence-electron chi connectivity index (χ1n) is 5.14. The van der Waals surface area contributed by atoms with Crippen molar-refractivity contribution in [2.45, 2.75) is 5.03 Å². The van der Waals surface area contributed by atoms with E-state index < -0.39 is 10.0 Å². The molecule has 0 aliphatic carbocycles. The number of hydrogen-bond donors (Lipinski definition) is 1. The van der Waals surface area contributed by atoms with Crippen LogP contribution in [0.15, 0.2) is 16.6 Å². The van der Waals surface area contributed by atoms with Crippen LogP contribution in [-0.2, 0) is 10.0 Å². The van der Waals surface area contributed by atoms with Crippen molar-refractivity contribution in [2.75, 3.05) is 31.3 Å². The third-order valence-electron chi connectivity index (χ3n) is 2.51. The van der Waals surface area contributed by atoms with Crippen LogP contribution >= 0.6 is 23.1 Å².